The maximum absolute atomic E-state index is 12.1. The van der Waals surface area contributed by atoms with Gasteiger partial charge in [0.25, 0.3) is 5.56 Å². The summed E-state index contributed by atoms with van der Waals surface area (Å²) in [5, 5.41) is 3.31. The number of hydrogen-bond donors (Lipinski definition) is 2. The van der Waals surface area contributed by atoms with Gasteiger partial charge >= 0.3 is 0 Å². The number of hydrogen-bond acceptors (Lipinski definition) is 4. The molecule has 1 aromatic heterocycles. The van der Waals surface area contributed by atoms with Crippen LogP contribution in [0.4, 0.5) is 5.69 Å². The number of rotatable bonds is 5. The molecule has 0 aliphatic heterocycles. The number of thioether (sulfide) groups is 1. The van der Waals surface area contributed by atoms with Gasteiger partial charge in [-0.2, -0.15) is 0 Å². The zero-order chi connectivity index (χ0) is 16.9. The fourth-order valence-corrected chi connectivity index (χ4v) is 3.04. The van der Waals surface area contributed by atoms with Crippen molar-refractivity contribution in [1.82, 2.24) is 9.97 Å². The number of nitrogens with one attached hydrogen (secondary N) is 2. The van der Waals surface area contributed by atoms with Crippen molar-refractivity contribution in [3.63, 3.8) is 0 Å². The van der Waals surface area contributed by atoms with Gasteiger partial charge in [-0.3, -0.25) is 9.59 Å². The van der Waals surface area contributed by atoms with Crippen LogP contribution < -0.4 is 10.9 Å². The molecule has 1 heterocycles. The molecule has 2 N–H and O–H groups in total. The van der Waals surface area contributed by atoms with Gasteiger partial charge in [0.05, 0.1) is 21.9 Å². The van der Waals surface area contributed by atoms with Crippen LogP contribution in [0.15, 0.2) is 59.4 Å². The van der Waals surface area contributed by atoms with Gasteiger partial charge in [-0.1, -0.05) is 30.3 Å². The van der Waals surface area contributed by atoms with Gasteiger partial charge < -0.3 is 10.3 Å². The van der Waals surface area contributed by atoms with E-state index in [2.05, 4.69) is 15.3 Å². The molecule has 0 unspecified atom stereocenters. The molecule has 0 radical (unpaired) electrons. The Morgan fingerprint density at radius 2 is 1.88 bits per heavy atom. The van der Waals surface area contributed by atoms with Crippen LogP contribution in [-0.2, 0) is 4.79 Å². The van der Waals surface area contributed by atoms with Crippen LogP contribution in [0.2, 0.25) is 0 Å². The maximum atomic E-state index is 12.1. The average Bonchev–Trinajstić information content (AvgIpc) is 2.60. The number of carbonyl (C=O) groups excluding carboxylic acids is 1. The molecule has 0 aliphatic rings. The second kappa shape index (κ2) is 7.31. The average molecular weight is 339 g/mol. The summed E-state index contributed by atoms with van der Waals surface area (Å²) in [4.78, 5) is 31.4. The number of nitrogens with zero attached hydrogens (tertiary/aromatic N) is 1. The van der Waals surface area contributed by atoms with Crippen molar-refractivity contribution in [2.45, 2.75) is 12.2 Å². The molecule has 122 valence electrons. The molecular weight excluding hydrogens is 322 g/mol. The third-order valence-electron chi connectivity index (χ3n) is 3.54. The molecule has 5 nitrogen and oxygen atoms in total. The van der Waals surface area contributed by atoms with Crippen LogP contribution in [0.1, 0.15) is 18.0 Å². The minimum absolute atomic E-state index is 0.0822. The number of fused-ring (bicyclic) bond motifs is 1. The van der Waals surface area contributed by atoms with E-state index in [9.17, 15) is 9.59 Å². The van der Waals surface area contributed by atoms with Crippen molar-refractivity contribution in [3.05, 3.63) is 70.8 Å². The smallest absolute Gasteiger partial charge is 0.258 e. The molecule has 0 saturated heterocycles. The van der Waals surface area contributed by atoms with Crippen LogP contribution in [0.25, 0.3) is 10.9 Å². The van der Waals surface area contributed by atoms with Crippen molar-refractivity contribution < 1.29 is 4.79 Å². The fourth-order valence-electron chi connectivity index (χ4n) is 2.30. The van der Waals surface area contributed by atoms with Crippen molar-refractivity contribution in [1.29, 1.82) is 0 Å². The van der Waals surface area contributed by atoms with Crippen LogP contribution in [-0.4, -0.2) is 21.6 Å². The second-order valence-corrected chi connectivity index (χ2v) is 6.66. The summed E-state index contributed by atoms with van der Waals surface area (Å²) >= 11 is 1.43. The molecule has 3 rings (SSSR count). The number of H-pyrrole nitrogens is 1. The van der Waals surface area contributed by atoms with E-state index in [0.717, 1.165) is 5.69 Å². The zero-order valence-electron chi connectivity index (χ0n) is 13.2. The molecule has 1 atom stereocenters. The quantitative estimate of drug-likeness (QED) is 0.747. The van der Waals surface area contributed by atoms with Crippen molar-refractivity contribution in [2.75, 3.05) is 11.1 Å². The molecule has 24 heavy (non-hydrogen) atoms. The predicted octanol–water partition coefficient (Wildman–Crippen LogP) is 3.36. The third-order valence-corrected chi connectivity index (χ3v) is 4.69. The largest absolute Gasteiger partial charge is 0.325 e. The Hall–Kier alpha value is -2.60. The van der Waals surface area contributed by atoms with Gasteiger partial charge in [0.15, 0.2) is 0 Å². The van der Waals surface area contributed by atoms with Crippen LogP contribution >= 0.6 is 11.8 Å². The second-order valence-electron chi connectivity index (χ2n) is 5.34. The number of amides is 1. The molecule has 0 fully saturated rings. The highest BCUT2D eigenvalue weighted by atomic mass is 32.2. The maximum Gasteiger partial charge on any atom is 0.258 e. The number of benzene rings is 2. The molecule has 0 aliphatic carbocycles. The van der Waals surface area contributed by atoms with Crippen molar-refractivity contribution in [3.8, 4) is 0 Å². The highest BCUT2D eigenvalue weighted by Gasteiger charge is 2.13. The van der Waals surface area contributed by atoms with E-state index in [1.165, 1.54) is 11.8 Å². The lowest BCUT2D eigenvalue weighted by atomic mass is 10.2. The normalized spacial score (nSPS) is 12.0. The zero-order valence-corrected chi connectivity index (χ0v) is 14.0. The van der Waals surface area contributed by atoms with E-state index in [0.29, 0.717) is 16.7 Å². The summed E-state index contributed by atoms with van der Waals surface area (Å²) in [5.74, 6) is 0.782. The molecule has 0 bridgehead atoms. The minimum Gasteiger partial charge on any atom is -0.325 e. The topological polar surface area (TPSA) is 74.8 Å². The number of aromatic amines is 1. The Morgan fingerprint density at radius 3 is 2.67 bits per heavy atom. The monoisotopic (exact) mass is 339 g/mol. The molecule has 3 aromatic rings. The highest BCUT2D eigenvalue weighted by Crippen LogP contribution is 2.25. The lowest BCUT2D eigenvalue weighted by Crippen LogP contribution is -2.16. The first-order valence-electron chi connectivity index (χ1n) is 7.59. The van der Waals surface area contributed by atoms with Crippen molar-refractivity contribution >= 4 is 34.3 Å². The predicted molar refractivity (Wildman–Crippen MR) is 98.3 cm³/mol. The van der Waals surface area contributed by atoms with E-state index in [-0.39, 0.29) is 22.5 Å². The van der Waals surface area contributed by atoms with Gasteiger partial charge in [-0.25, -0.2) is 4.98 Å². The number of anilines is 1. The van der Waals surface area contributed by atoms with Crippen LogP contribution in [0, 0.1) is 0 Å². The van der Waals surface area contributed by atoms with E-state index in [1.54, 1.807) is 6.07 Å². The van der Waals surface area contributed by atoms with E-state index in [1.807, 2.05) is 55.5 Å². The Balaban J connectivity index is 1.66. The van der Waals surface area contributed by atoms with E-state index in [4.69, 9.17) is 0 Å². The minimum atomic E-state index is -0.156. The first-order chi connectivity index (χ1) is 11.6. The molecule has 0 spiro atoms. The first kappa shape index (κ1) is 16.3. The summed E-state index contributed by atoms with van der Waals surface area (Å²) in [5.41, 5.74) is 1.28. The first-order valence-corrected chi connectivity index (χ1v) is 8.64. The Morgan fingerprint density at radius 1 is 1.17 bits per heavy atom. The summed E-state index contributed by atoms with van der Waals surface area (Å²) in [6.07, 6.45) is 0. The molecule has 1 amide bonds. The molecule has 2 aromatic carbocycles. The number of aromatic nitrogens is 2. The fraction of sp³-hybridized carbons (Fsp3) is 0.167. The number of carbonyl (C=O) groups is 1. The van der Waals surface area contributed by atoms with Crippen LogP contribution in [0.3, 0.4) is 0 Å². The molecular formula is C18H17N3O2S. The summed E-state index contributed by atoms with van der Waals surface area (Å²) < 4.78 is 0. The van der Waals surface area contributed by atoms with E-state index < -0.39 is 0 Å². The van der Waals surface area contributed by atoms with Gasteiger partial charge in [-0.05, 0) is 31.2 Å². The van der Waals surface area contributed by atoms with Gasteiger partial charge in [0.2, 0.25) is 5.91 Å². The lowest BCUT2D eigenvalue weighted by Gasteiger charge is -2.11. The standard InChI is InChI=1S/C18H17N3O2S/c1-12(24-11-16(22)19-13-7-3-2-4-8-13)17-20-15-10-6-5-9-14(15)18(23)21-17/h2-10,12H,11H2,1H3,(H,19,22)(H,20,21,23)/t12-/m0/s1. The molecule has 0 saturated carbocycles. The third kappa shape index (κ3) is 3.83. The Labute approximate surface area is 143 Å². The van der Waals surface area contributed by atoms with Gasteiger partial charge in [-0.15, -0.1) is 11.8 Å². The lowest BCUT2D eigenvalue weighted by molar-refractivity contribution is -0.113. The van der Waals surface area contributed by atoms with Crippen LogP contribution in [0.5, 0.6) is 0 Å². The summed E-state index contributed by atoms with van der Waals surface area (Å²) in [6.45, 7) is 1.92. The van der Waals surface area contributed by atoms with Gasteiger partial charge in [0.1, 0.15) is 5.82 Å². The Bertz CT molecular complexity index is 909. The summed E-state index contributed by atoms with van der Waals surface area (Å²) in [6, 6.07) is 16.5. The van der Waals surface area contributed by atoms with Gasteiger partial charge in [0, 0.05) is 5.69 Å². The summed E-state index contributed by atoms with van der Waals surface area (Å²) in [7, 11) is 0. The van der Waals surface area contributed by atoms with E-state index >= 15 is 0 Å². The Kier molecular flexibility index (Phi) is 4.96. The van der Waals surface area contributed by atoms with Crippen molar-refractivity contribution in [2.24, 2.45) is 0 Å². The SMILES string of the molecule is C[C@H](SCC(=O)Nc1ccccc1)c1nc2ccccc2c(=O)[nH]1. The number of para-hydroxylation sites is 2. The highest BCUT2D eigenvalue weighted by molar-refractivity contribution is 8.00. The molecule has 6 heteroatoms.